The first-order valence-electron chi connectivity index (χ1n) is 8.21. The quantitative estimate of drug-likeness (QED) is 0.728. The van der Waals surface area contributed by atoms with E-state index in [0.29, 0.717) is 5.78 Å². The SMILES string of the molecule is CC(C)(C)S(=O)(=O)C=CCCC1=CCC2C(=O)CCC[C@]12C. The molecular weight excluding hydrogens is 296 g/mol. The highest BCUT2D eigenvalue weighted by atomic mass is 32.2. The Kier molecular flexibility index (Phi) is 4.72. The molecule has 0 aromatic carbocycles. The summed E-state index contributed by atoms with van der Waals surface area (Å²) in [7, 11) is -3.19. The molecule has 1 fully saturated rings. The summed E-state index contributed by atoms with van der Waals surface area (Å²) >= 11 is 0. The Morgan fingerprint density at radius 1 is 1.36 bits per heavy atom. The number of carbonyl (C=O) groups is 1. The first-order valence-corrected chi connectivity index (χ1v) is 9.76. The van der Waals surface area contributed by atoms with Gasteiger partial charge in [-0.15, -0.1) is 0 Å². The van der Waals surface area contributed by atoms with Crippen LogP contribution in [0.2, 0.25) is 0 Å². The van der Waals surface area contributed by atoms with Crippen LogP contribution >= 0.6 is 0 Å². The molecular formula is C18H28O3S. The molecule has 0 bridgehead atoms. The van der Waals surface area contributed by atoms with Gasteiger partial charge in [0.05, 0.1) is 4.75 Å². The smallest absolute Gasteiger partial charge is 0.176 e. The van der Waals surface area contributed by atoms with E-state index in [1.54, 1.807) is 26.8 Å². The molecule has 0 amide bonds. The van der Waals surface area contributed by atoms with Crippen LogP contribution in [0.3, 0.4) is 0 Å². The van der Waals surface area contributed by atoms with Crippen LogP contribution in [-0.2, 0) is 14.6 Å². The number of fused-ring (bicyclic) bond motifs is 1. The molecule has 0 heterocycles. The lowest BCUT2D eigenvalue weighted by atomic mass is 9.65. The number of carbonyl (C=O) groups excluding carboxylic acids is 1. The molecule has 0 spiro atoms. The molecule has 0 aromatic rings. The van der Waals surface area contributed by atoms with Crippen LogP contribution in [0.25, 0.3) is 0 Å². The van der Waals surface area contributed by atoms with Crippen molar-refractivity contribution >= 4 is 15.6 Å². The Labute approximate surface area is 134 Å². The molecule has 124 valence electrons. The first kappa shape index (κ1) is 17.5. The van der Waals surface area contributed by atoms with E-state index in [4.69, 9.17) is 0 Å². The molecule has 0 saturated heterocycles. The Morgan fingerprint density at radius 3 is 2.68 bits per heavy atom. The Hall–Kier alpha value is -0.900. The van der Waals surface area contributed by atoms with Gasteiger partial charge in [-0.2, -0.15) is 0 Å². The van der Waals surface area contributed by atoms with Crippen LogP contribution in [0.5, 0.6) is 0 Å². The minimum atomic E-state index is -3.19. The zero-order chi connectivity index (χ0) is 16.6. The molecule has 2 aliphatic rings. The Balaban J connectivity index is 1.98. The maximum atomic E-state index is 12.1. The predicted molar refractivity (Wildman–Crippen MR) is 90.2 cm³/mol. The van der Waals surface area contributed by atoms with E-state index in [9.17, 15) is 13.2 Å². The average Bonchev–Trinajstić information content (AvgIpc) is 2.72. The normalized spacial score (nSPS) is 29.7. The van der Waals surface area contributed by atoms with E-state index >= 15 is 0 Å². The number of ketones is 1. The van der Waals surface area contributed by atoms with Gasteiger partial charge in [-0.25, -0.2) is 8.42 Å². The van der Waals surface area contributed by atoms with Crippen molar-refractivity contribution in [2.45, 2.75) is 71.0 Å². The zero-order valence-electron chi connectivity index (χ0n) is 14.2. The van der Waals surface area contributed by atoms with Crippen molar-refractivity contribution in [1.82, 2.24) is 0 Å². The molecule has 0 aliphatic heterocycles. The van der Waals surface area contributed by atoms with Crippen molar-refractivity contribution < 1.29 is 13.2 Å². The molecule has 2 rings (SSSR count). The van der Waals surface area contributed by atoms with Crippen molar-refractivity contribution in [1.29, 1.82) is 0 Å². The van der Waals surface area contributed by atoms with Crippen LogP contribution in [-0.4, -0.2) is 18.9 Å². The van der Waals surface area contributed by atoms with Crippen LogP contribution in [0.15, 0.2) is 23.1 Å². The minimum Gasteiger partial charge on any atom is -0.299 e. The highest BCUT2D eigenvalue weighted by molar-refractivity contribution is 7.95. The van der Waals surface area contributed by atoms with Crippen molar-refractivity contribution in [3.63, 3.8) is 0 Å². The van der Waals surface area contributed by atoms with Crippen molar-refractivity contribution in [2.24, 2.45) is 11.3 Å². The van der Waals surface area contributed by atoms with Gasteiger partial charge in [0.1, 0.15) is 5.78 Å². The molecule has 0 N–H and O–H groups in total. The third-order valence-corrected chi connectivity index (χ3v) is 7.58. The molecule has 22 heavy (non-hydrogen) atoms. The number of sulfone groups is 1. The molecule has 2 atom stereocenters. The van der Waals surface area contributed by atoms with Gasteiger partial charge in [-0.3, -0.25) is 4.79 Å². The second-order valence-corrected chi connectivity index (χ2v) is 10.4. The van der Waals surface area contributed by atoms with Crippen molar-refractivity contribution in [3.05, 3.63) is 23.1 Å². The summed E-state index contributed by atoms with van der Waals surface area (Å²) in [4.78, 5) is 12.1. The minimum absolute atomic E-state index is 0.0199. The summed E-state index contributed by atoms with van der Waals surface area (Å²) in [6.07, 6.45) is 9.23. The van der Waals surface area contributed by atoms with E-state index in [0.717, 1.165) is 38.5 Å². The van der Waals surface area contributed by atoms with Gasteiger partial charge in [0.25, 0.3) is 0 Å². The Bertz CT molecular complexity index is 605. The predicted octanol–water partition coefficient (Wildman–Crippen LogP) is 4.20. The fraction of sp³-hybridized carbons (Fsp3) is 0.722. The lowest BCUT2D eigenvalue weighted by Crippen LogP contribution is -2.35. The summed E-state index contributed by atoms with van der Waals surface area (Å²) in [5.74, 6) is 0.574. The summed E-state index contributed by atoms with van der Waals surface area (Å²) in [6, 6.07) is 0. The van der Waals surface area contributed by atoms with Crippen molar-refractivity contribution in [2.75, 3.05) is 0 Å². The average molecular weight is 324 g/mol. The molecule has 1 saturated carbocycles. The standard InChI is InChI=1S/C18H28O3S/c1-17(2,3)22(20,21)13-6-5-8-14-10-11-15-16(19)9-7-12-18(14,15)4/h6,10,13,15H,5,7-9,11-12H2,1-4H3/t15?,18-/m1/s1. The largest absolute Gasteiger partial charge is 0.299 e. The maximum Gasteiger partial charge on any atom is 0.176 e. The second kappa shape index (κ2) is 5.95. The van der Waals surface area contributed by atoms with Gasteiger partial charge in [0.2, 0.25) is 0 Å². The van der Waals surface area contributed by atoms with Crippen molar-refractivity contribution in [3.8, 4) is 0 Å². The summed E-state index contributed by atoms with van der Waals surface area (Å²) in [6.45, 7) is 7.35. The van der Waals surface area contributed by atoms with Gasteiger partial charge in [-0.1, -0.05) is 24.6 Å². The van der Waals surface area contributed by atoms with Crippen LogP contribution < -0.4 is 0 Å². The maximum absolute atomic E-state index is 12.1. The van der Waals surface area contributed by atoms with Gasteiger partial charge in [-0.05, 0) is 58.3 Å². The molecule has 3 nitrogen and oxygen atoms in total. The van der Waals surface area contributed by atoms with Gasteiger partial charge >= 0.3 is 0 Å². The lowest BCUT2D eigenvalue weighted by molar-refractivity contribution is -0.128. The van der Waals surface area contributed by atoms with Gasteiger partial charge in [0.15, 0.2) is 9.84 Å². The van der Waals surface area contributed by atoms with E-state index < -0.39 is 14.6 Å². The monoisotopic (exact) mass is 324 g/mol. The van der Waals surface area contributed by atoms with Crippen LogP contribution in [0, 0.1) is 11.3 Å². The summed E-state index contributed by atoms with van der Waals surface area (Å²) < 4.78 is 23.3. The second-order valence-electron chi connectivity index (χ2n) is 7.82. The van der Waals surface area contributed by atoms with Crippen LogP contribution in [0.1, 0.15) is 66.2 Å². The number of allylic oxidation sites excluding steroid dienone is 3. The fourth-order valence-electron chi connectivity index (χ4n) is 3.63. The lowest BCUT2D eigenvalue weighted by Gasteiger charge is -2.38. The van der Waals surface area contributed by atoms with E-state index in [-0.39, 0.29) is 11.3 Å². The number of Topliss-reactive ketones (excluding diaryl/α,β-unsaturated/α-hetero) is 1. The molecule has 2 aliphatic carbocycles. The topological polar surface area (TPSA) is 51.2 Å². The van der Waals surface area contributed by atoms with E-state index in [1.165, 1.54) is 11.0 Å². The molecule has 4 heteroatoms. The van der Waals surface area contributed by atoms with Gasteiger partial charge in [0, 0.05) is 17.7 Å². The highest BCUT2D eigenvalue weighted by Crippen LogP contribution is 2.52. The van der Waals surface area contributed by atoms with E-state index in [1.807, 2.05) is 0 Å². The molecule has 1 unspecified atom stereocenters. The Morgan fingerprint density at radius 2 is 2.05 bits per heavy atom. The highest BCUT2D eigenvalue weighted by Gasteiger charge is 2.46. The number of hydrogen-bond acceptors (Lipinski definition) is 3. The third kappa shape index (κ3) is 3.22. The number of hydrogen-bond donors (Lipinski definition) is 0. The first-order chi connectivity index (χ1) is 10.1. The van der Waals surface area contributed by atoms with E-state index in [2.05, 4.69) is 13.0 Å². The number of rotatable bonds is 4. The molecule has 0 aromatic heterocycles. The summed E-state index contributed by atoms with van der Waals surface area (Å²) in [5, 5.41) is 1.36. The van der Waals surface area contributed by atoms with Gasteiger partial charge < -0.3 is 0 Å². The fourth-order valence-corrected chi connectivity index (χ4v) is 4.43. The zero-order valence-corrected chi connectivity index (χ0v) is 15.0. The van der Waals surface area contributed by atoms with Crippen LogP contribution in [0.4, 0.5) is 0 Å². The summed E-state index contributed by atoms with van der Waals surface area (Å²) in [5.41, 5.74) is 1.37. The third-order valence-electron chi connectivity index (χ3n) is 5.32. The molecule has 0 radical (unpaired) electrons.